The van der Waals surface area contributed by atoms with Crippen LogP contribution in [0, 0.1) is 12.8 Å². The zero-order valence-corrected chi connectivity index (χ0v) is 21.8. The topological polar surface area (TPSA) is 134 Å². The molecule has 1 aliphatic heterocycles. The Balaban J connectivity index is 1.87. The summed E-state index contributed by atoms with van der Waals surface area (Å²) in [4.78, 5) is 51.7. The van der Waals surface area contributed by atoms with E-state index < -0.39 is 42.3 Å². The molecule has 0 spiro atoms. The number of imide groups is 1. The van der Waals surface area contributed by atoms with E-state index in [4.69, 9.17) is 21.1 Å². The maximum Gasteiger partial charge on any atom is 0.339 e. The van der Waals surface area contributed by atoms with Crippen LogP contribution in [0.4, 0.5) is 4.79 Å². The number of urea groups is 1. The maximum atomic E-state index is 13.4. The lowest BCUT2D eigenvalue weighted by atomic mass is 9.96. The van der Waals surface area contributed by atoms with Gasteiger partial charge in [-0.2, -0.15) is 0 Å². The summed E-state index contributed by atoms with van der Waals surface area (Å²) in [6.45, 7) is 3.21. The fourth-order valence-corrected chi connectivity index (χ4v) is 4.56. The van der Waals surface area contributed by atoms with Crippen molar-refractivity contribution in [3.05, 3.63) is 57.6 Å². The van der Waals surface area contributed by atoms with Crippen molar-refractivity contribution in [2.45, 2.75) is 32.7 Å². The normalized spacial score (nSPS) is 16.5. The van der Waals surface area contributed by atoms with Crippen molar-refractivity contribution in [2.75, 3.05) is 27.3 Å². The number of ether oxygens (including phenoxy) is 2. The highest BCUT2D eigenvalue weighted by atomic mass is 35.5. The first-order valence-corrected chi connectivity index (χ1v) is 12.1. The van der Waals surface area contributed by atoms with Gasteiger partial charge in [0, 0.05) is 11.6 Å². The molecular formula is C26H30ClN3O7. The average Bonchev–Trinajstić information content (AvgIpc) is 3.00. The molecule has 0 aromatic heterocycles. The number of hydrogen-bond acceptors (Lipinski definition) is 6. The van der Waals surface area contributed by atoms with E-state index in [0.29, 0.717) is 33.9 Å². The van der Waals surface area contributed by atoms with Gasteiger partial charge in [-0.3, -0.25) is 14.5 Å². The molecule has 2 atom stereocenters. The Labute approximate surface area is 219 Å². The summed E-state index contributed by atoms with van der Waals surface area (Å²) >= 11 is 6.13. The Morgan fingerprint density at radius 3 is 2.51 bits per heavy atom. The highest BCUT2D eigenvalue weighted by molar-refractivity contribution is 6.30. The Bertz CT molecular complexity index is 1220. The molecular weight excluding hydrogens is 502 g/mol. The first kappa shape index (κ1) is 27.8. The van der Waals surface area contributed by atoms with E-state index in [0.717, 1.165) is 4.90 Å². The predicted octanol–water partition coefficient (Wildman–Crippen LogP) is 3.34. The third-order valence-corrected chi connectivity index (χ3v) is 6.55. The molecule has 3 N–H and O–H groups in total. The van der Waals surface area contributed by atoms with Gasteiger partial charge in [-0.1, -0.05) is 18.5 Å². The number of nitrogens with one attached hydrogen (secondary N) is 2. The summed E-state index contributed by atoms with van der Waals surface area (Å²) in [6.07, 6.45) is 0.610. The number of carboxylic acids is 1. The number of aryl methyl sites for hydroxylation is 1. The largest absolute Gasteiger partial charge is 0.496 e. The Hall–Kier alpha value is -3.79. The number of halogens is 1. The van der Waals surface area contributed by atoms with Gasteiger partial charge >= 0.3 is 12.0 Å². The fourth-order valence-electron chi connectivity index (χ4n) is 4.36. The van der Waals surface area contributed by atoms with Gasteiger partial charge in [-0.05, 0) is 66.8 Å². The SMILES string of the molecule is CC[C@@H](NC(=O)N1CC(=O)NC[C@@H](Cc2cc(Cl)ccc2OC)C1=O)c1cc(C(=O)O)c(OC)cc1C. The van der Waals surface area contributed by atoms with E-state index >= 15 is 0 Å². The molecule has 0 unspecified atom stereocenters. The van der Waals surface area contributed by atoms with Crippen molar-refractivity contribution in [1.29, 1.82) is 0 Å². The highest BCUT2D eigenvalue weighted by Crippen LogP contribution is 2.30. The molecule has 1 heterocycles. The monoisotopic (exact) mass is 531 g/mol. The second-order valence-corrected chi connectivity index (χ2v) is 9.15. The third-order valence-electron chi connectivity index (χ3n) is 6.32. The minimum Gasteiger partial charge on any atom is -0.496 e. The number of benzene rings is 2. The van der Waals surface area contributed by atoms with Gasteiger partial charge in [0.15, 0.2) is 0 Å². The van der Waals surface area contributed by atoms with Crippen molar-refractivity contribution in [3.63, 3.8) is 0 Å². The minimum absolute atomic E-state index is 0.0449. The summed E-state index contributed by atoms with van der Waals surface area (Å²) in [6, 6.07) is 6.73. The number of carbonyl (C=O) groups excluding carboxylic acids is 3. The molecule has 1 fully saturated rings. The Morgan fingerprint density at radius 1 is 1.19 bits per heavy atom. The quantitative estimate of drug-likeness (QED) is 0.475. The summed E-state index contributed by atoms with van der Waals surface area (Å²) < 4.78 is 10.5. The van der Waals surface area contributed by atoms with E-state index in [9.17, 15) is 24.3 Å². The minimum atomic E-state index is -1.17. The van der Waals surface area contributed by atoms with Crippen LogP contribution in [0.25, 0.3) is 0 Å². The van der Waals surface area contributed by atoms with Crippen LogP contribution in [-0.4, -0.2) is 61.1 Å². The zero-order valence-electron chi connectivity index (χ0n) is 21.1. The summed E-state index contributed by atoms with van der Waals surface area (Å²) in [5, 5.41) is 15.5. The number of carbonyl (C=O) groups is 4. The van der Waals surface area contributed by atoms with Gasteiger partial charge in [0.1, 0.15) is 23.6 Å². The van der Waals surface area contributed by atoms with Gasteiger partial charge in [0.2, 0.25) is 11.8 Å². The number of rotatable bonds is 8. The fraction of sp³-hybridized carbons (Fsp3) is 0.385. The van der Waals surface area contributed by atoms with Crippen molar-refractivity contribution < 1.29 is 33.8 Å². The van der Waals surface area contributed by atoms with E-state index in [-0.39, 0.29) is 24.3 Å². The highest BCUT2D eigenvalue weighted by Gasteiger charge is 2.35. The smallest absolute Gasteiger partial charge is 0.339 e. The first-order chi connectivity index (χ1) is 17.6. The lowest BCUT2D eigenvalue weighted by Crippen LogP contribution is -2.48. The van der Waals surface area contributed by atoms with E-state index in [1.165, 1.54) is 20.3 Å². The molecule has 4 amide bonds. The number of methoxy groups -OCH3 is 2. The third kappa shape index (κ3) is 6.32. The molecule has 198 valence electrons. The number of aromatic carboxylic acids is 1. The molecule has 0 aliphatic carbocycles. The van der Waals surface area contributed by atoms with Crippen LogP contribution < -0.4 is 20.1 Å². The molecule has 11 heteroatoms. The van der Waals surface area contributed by atoms with Crippen molar-refractivity contribution in [2.24, 2.45) is 5.92 Å². The van der Waals surface area contributed by atoms with Gasteiger partial charge < -0.3 is 25.2 Å². The zero-order chi connectivity index (χ0) is 27.3. The Kier molecular flexibility index (Phi) is 8.99. The lowest BCUT2D eigenvalue weighted by Gasteiger charge is -2.26. The second-order valence-electron chi connectivity index (χ2n) is 8.71. The van der Waals surface area contributed by atoms with Crippen LogP contribution in [0.3, 0.4) is 0 Å². The van der Waals surface area contributed by atoms with Crippen molar-refractivity contribution in [3.8, 4) is 11.5 Å². The summed E-state index contributed by atoms with van der Waals surface area (Å²) in [5.41, 5.74) is 1.91. The molecule has 0 saturated carbocycles. The van der Waals surface area contributed by atoms with Crippen LogP contribution in [0.2, 0.25) is 5.02 Å². The van der Waals surface area contributed by atoms with Crippen LogP contribution in [0.1, 0.15) is 46.4 Å². The van der Waals surface area contributed by atoms with Gasteiger partial charge in [0.05, 0.1) is 26.2 Å². The molecule has 1 aliphatic rings. The second kappa shape index (κ2) is 12.0. The van der Waals surface area contributed by atoms with Crippen LogP contribution in [-0.2, 0) is 16.0 Å². The van der Waals surface area contributed by atoms with Gasteiger partial charge in [0.25, 0.3) is 0 Å². The molecule has 1 saturated heterocycles. The van der Waals surface area contributed by atoms with Crippen molar-refractivity contribution >= 4 is 35.4 Å². The standard InChI is InChI=1S/C26H30ClN3O7/c1-5-20(18-11-19(25(33)34)22(37-4)8-14(18)2)29-26(35)30-13-23(31)28-12-16(24(30)32)9-15-10-17(27)6-7-21(15)36-3/h6-8,10-11,16,20H,5,9,12-13H2,1-4H3,(H,28,31)(H,29,35)(H,33,34)/t16-,20-/m1/s1. The van der Waals surface area contributed by atoms with E-state index in [1.54, 1.807) is 31.2 Å². The summed E-state index contributed by atoms with van der Waals surface area (Å²) in [7, 11) is 2.89. The van der Waals surface area contributed by atoms with E-state index in [2.05, 4.69) is 10.6 Å². The van der Waals surface area contributed by atoms with Crippen LogP contribution in [0.5, 0.6) is 11.5 Å². The Morgan fingerprint density at radius 2 is 1.89 bits per heavy atom. The van der Waals surface area contributed by atoms with Crippen LogP contribution >= 0.6 is 11.6 Å². The molecule has 3 rings (SSSR count). The van der Waals surface area contributed by atoms with Gasteiger partial charge in [-0.25, -0.2) is 9.59 Å². The number of nitrogens with zero attached hydrogens (tertiary/aromatic N) is 1. The molecule has 0 bridgehead atoms. The maximum absolute atomic E-state index is 13.4. The number of amides is 4. The molecule has 10 nitrogen and oxygen atoms in total. The molecule has 0 radical (unpaired) electrons. The predicted molar refractivity (Wildman–Crippen MR) is 136 cm³/mol. The van der Waals surface area contributed by atoms with Crippen molar-refractivity contribution in [1.82, 2.24) is 15.5 Å². The molecule has 2 aromatic rings. The number of hydrogen-bond donors (Lipinski definition) is 3. The van der Waals surface area contributed by atoms with Crippen LogP contribution in [0.15, 0.2) is 30.3 Å². The number of carboxylic acid groups (broad SMARTS) is 1. The molecule has 2 aromatic carbocycles. The van der Waals surface area contributed by atoms with E-state index in [1.807, 2.05) is 6.92 Å². The average molecular weight is 532 g/mol. The first-order valence-electron chi connectivity index (χ1n) is 11.7. The summed E-state index contributed by atoms with van der Waals surface area (Å²) in [5.74, 6) is -2.15. The van der Waals surface area contributed by atoms with Gasteiger partial charge in [-0.15, -0.1) is 0 Å². The lowest BCUT2D eigenvalue weighted by molar-refractivity contribution is -0.133. The molecule has 37 heavy (non-hydrogen) atoms.